The van der Waals surface area contributed by atoms with Crippen molar-refractivity contribution in [2.75, 3.05) is 26.3 Å². The van der Waals surface area contributed by atoms with Gasteiger partial charge in [-0.15, -0.1) is 0 Å². The lowest BCUT2D eigenvalue weighted by molar-refractivity contribution is -0.195. The van der Waals surface area contributed by atoms with Crippen molar-refractivity contribution in [3.05, 3.63) is 27.7 Å². The van der Waals surface area contributed by atoms with Crippen LogP contribution in [0.15, 0.2) is 11.0 Å². The monoisotopic (exact) mass is 292 g/mol. The quantitative estimate of drug-likeness (QED) is 0.863. The van der Waals surface area contributed by atoms with E-state index in [4.69, 9.17) is 4.74 Å². The van der Waals surface area contributed by atoms with Crippen molar-refractivity contribution in [3.8, 4) is 5.75 Å². The van der Waals surface area contributed by atoms with E-state index in [2.05, 4.69) is 4.98 Å². The van der Waals surface area contributed by atoms with Gasteiger partial charge < -0.3 is 14.8 Å². The molecule has 0 spiro atoms. The molecule has 2 heterocycles. The normalized spacial score (nSPS) is 19.0. The molecule has 0 aliphatic carbocycles. The molecule has 0 bridgehead atoms. The number of H-pyrrole nitrogens is 1. The van der Waals surface area contributed by atoms with E-state index in [1.807, 2.05) is 0 Å². The number of rotatable bonds is 2. The van der Waals surface area contributed by atoms with E-state index in [1.54, 1.807) is 0 Å². The SMILES string of the molecule is Cc1[nH]cc(C(N2CCOCC2)C(F)(F)F)c(=O)c1O. The van der Waals surface area contributed by atoms with Crippen LogP contribution in [-0.4, -0.2) is 47.5 Å². The van der Waals surface area contributed by atoms with Crippen LogP contribution in [0.25, 0.3) is 0 Å². The average Bonchev–Trinajstić information content (AvgIpc) is 2.39. The van der Waals surface area contributed by atoms with Crippen LogP contribution in [0.1, 0.15) is 17.3 Å². The summed E-state index contributed by atoms with van der Waals surface area (Å²) in [5.41, 5.74) is -1.35. The summed E-state index contributed by atoms with van der Waals surface area (Å²) in [5.74, 6) is -0.676. The number of morpholine rings is 1. The minimum atomic E-state index is -4.61. The van der Waals surface area contributed by atoms with Gasteiger partial charge in [-0.3, -0.25) is 9.69 Å². The fraction of sp³-hybridized carbons (Fsp3) is 0.583. The number of aromatic nitrogens is 1. The summed E-state index contributed by atoms with van der Waals surface area (Å²) in [4.78, 5) is 15.5. The van der Waals surface area contributed by atoms with Crippen LogP contribution in [0, 0.1) is 6.92 Å². The highest BCUT2D eigenvalue weighted by atomic mass is 19.4. The minimum absolute atomic E-state index is 0.0816. The van der Waals surface area contributed by atoms with Crippen LogP contribution >= 0.6 is 0 Å². The molecule has 1 saturated heterocycles. The summed E-state index contributed by atoms with van der Waals surface area (Å²) < 4.78 is 44.9. The van der Waals surface area contributed by atoms with E-state index in [9.17, 15) is 23.1 Å². The highest BCUT2D eigenvalue weighted by Gasteiger charge is 2.46. The Morgan fingerprint density at radius 3 is 2.55 bits per heavy atom. The van der Waals surface area contributed by atoms with Gasteiger partial charge in [-0.2, -0.15) is 13.2 Å². The second-order valence-corrected chi connectivity index (χ2v) is 4.64. The molecular weight excluding hydrogens is 277 g/mol. The lowest BCUT2D eigenvalue weighted by Crippen LogP contribution is -2.46. The largest absolute Gasteiger partial charge is 0.503 e. The zero-order chi connectivity index (χ0) is 14.9. The molecule has 1 aromatic rings. The Labute approximate surface area is 113 Å². The molecule has 0 amide bonds. The fourth-order valence-corrected chi connectivity index (χ4v) is 2.25. The van der Waals surface area contributed by atoms with E-state index in [1.165, 1.54) is 6.92 Å². The zero-order valence-electron chi connectivity index (χ0n) is 10.8. The van der Waals surface area contributed by atoms with E-state index in [0.29, 0.717) is 0 Å². The van der Waals surface area contributed by atoms with E-state index in [0.717, 1.165) is 11.1 Å². The van der Waals surface area contributed by atoms with Crippen molar-refractivity contribution < 1.29 is 23.0 Å². The lowest BCUT2D eigenvalue weighted by atomic mass is 10.0. The van der Waals surface area contributed by atoms with Gasteiger partial charge in [0, 0.05) is 24.8 Å². The third-order valence-corrected chi connectivity index (χ3v) is 3.29. The summed E-state index contributed by atoms with van der Waals surface area (Å²) >= 11 is 0. The molecular formula is C12H15F3N2O3. The highest BCUT2D eigenvalue weighted by molar-refractivity contribution is 5.31. The van der Waals surface area contributed by atoms with E-state index < -0.39 is 29.0 Å². The first kappa shape index (κ1) is 14.9. The van der Waals surface area contributed by atoms with Gasteiger partial charge in [0.15, 0.2) is 5.75 Å². The van der Waals surface area contributed by atoms with Gasteiger partial charge in [-0.25, -0.2) is 0 Å². The second-order valence-electron chi connectivity index (χ2n) is 4.64. The molecule has 2 rings (SSSR count). The van der Waals surface area contributed by atoms with Crippen LogP contribution in [-0.2, 0) is 4.74 Å². The van der Waals surface area contributed by atoms with Crippen LogP contribution in [0.3, 0.4) is 0 Å². The molecule has 5 nitrogen and oxygen atoms in total. The molecule has 1 fully saturated rings. The smallest absolute Gasteiger partial charge is 0.408 e. The van der Waals surface area contributed by atoms with E-state index >= 15 is 0 Å². The number of hydrogen-bond acceptors (Lipinski definition) is 4. The van der Waals surface area contributed by atoms with Crippen molar-refractivity contribution in [1.82, 2.24) is 9.88 Å². The third-order valence-electron chi connectivity index (χ3n) is 3.29. The first-order chi connectivity index (χ1) is 9.32. The Morgan fingerprint density at radius 1 is 1.40 bits per heavy atom. The van der Waals surface area contributed by atoms with Gasteiger partial charge in [0.25, 0.3) is 0 Å². The molecule has 1 unspecified atom stereocenters. The maximum Gasteiger partial charge on any atom is 0.408 e. The number of aryl methyl sites for hydroxylation is 1. The first-order valence-corrected chi connectivity index (χ1v) is 6.12. The predicted octanol–water partition coefficient (Wildman–Crippen LogP) is 1.32. The molecule has 0 saturated carbocycles. The number of pyridine rings is 1. The number of aromatic amines is 1. The molecule has 20 heavy (non-hydrogen) atoms. The van der Waals surface area contributed by atoms with Crippen molar-refractivity contribution in [2.24, 2.45) is 0 Å². The Bertz CT molecular complexity index is 536. The van der Waals surface area contributed by atoms with Gasteiger partial charge >= 0.3 is 6.18 Å². The van der Waals surface area contributed by atoms with Gasteiger partial charge in [-0.05, 0) is 6.92 Å². The topological polar surface area (TPSA) is 65.6 Å². The van der Waals surface area contributed by atoms with Crippen LogP contribution in [0.5, 0.6) is 5.75 Å². The number of alkyl halides is 3. The molecule has 0 aromatic carbocycles. The van der Waals surface area contributed by atoms with Crippen LogP contribution in [0.2, 0.25) is 0 Å². The second kappa shape index (κ2) is 5.45. The lowest BCUT2D eigenvalue weighted by Gasteiger charge is -2.35. The van der Waals surface area contributed by atoms with Gasteiger partial charge in [0.05, 0.1) is 18.9 Å². The molecule has 1 aromatic heterocycles. The van der Waals surface area contributed by atoms with Crippen molar-refractivity contribution in [2.45, 2.75) is 19.1 Å². The summed E-state index contributed by atoms with van der Waals surface area (Å²) in [5, 5.41) is 9.55. The minimum Gasteiger partial charge on any atom is -0.503 e. The molecule has 1 atom stereocenters. The molecule has 112 valence electrons. The molecule has 1 aliphatic rings. The Balaban J connectivity index is 2.47. The van der Waals surface area contributed by atoms with Crippen LogP contribution < -0.4 is 5.43 Å². The van der Waals surface area contributed by atoms with Gasteiger partial charge in [-0.1, -0.05) is 0 Å². The summed E-state index contributed by atoms with van der Waals surface area (Å²) in [6.07, 6.45) is -3.59. The maximum atomic E-state index is 13.3. The average molecular weight is 292 g/mol. The van der Waals surface area contributed by atoms with Crippen molar-refractivity contribution in [1.29, 1.82) is 0 Å². The van der Waals surface area contributed by atoms with E-state index in [-0.39, 0.29) is 32.0 Å². The molecule has 8 heteroatoms. The number of hydrogen-bond donors (Lipinski definition) is 2. The summed E-state index contributed by atoms with van der Waals surface area (Å²) in [6.45, 7) is 1.94. The zero-order valence-corrected chi connectivity index (χ0v) is 10.8. The fourth-order valence-electron chi connectivity index (χ4n) is 2.25. The number of aromatic hydroxyl groups is 1. The molecule has 1 aliphatic heterocycles. The number of halogens is 3. The molecule has 0 radical (unpaired) electrons. The standard InChI is InChI=1S/C12H15F3N2O3/c1-7-9(18)10(19)8(6-16-7)11(12(13,14)15)17-2-4-20-5-3-17/h6,11,18H,2-5H2,1H3,(H,16,19). The number of nitrogens with one attached hydrogen (secondary N) is 1. The van der Waals surface area contributed by atoms with Gasteiger partial charge in [0.2, 0.25) is 5.43 Å². The number of nitrogens with zero attached hydrogens (tertiary/aromatic N) is 1. The Morgan fingerprint density at radius 2 is 2.00 bits per heavy atom. The Hall–Kier alpha value is -1.54. The predicted molar refractivity (Wildman–Crippen MR) is 64.7 cm³/mol. The Kier molecular flexibility index (Phi) is 4.05. The van der Waals surface area contributed by atoms with Gasteiger partial charge in [0.1, 0.15) is 6.04 Å². The highest BCUT2D eigenvalue weighted by Crippen LogP contribution is 2.37. The number of ether oxygens (including phenoxy) is 1. The van der Waals surface area contributed by atoms with Crippen molar-refractivity contribution >= 4 is 0 Å². The maximum absolute atomic E-state index is 13.3. The molecule has 2 N–H and O–H groups in total. The third kappa shape index (κ3) is 2.80. The summed E-state index contributed by atoms with van der Waals surface area (Å²) in [6, 6.07) is -2.04. The summed E-state index contributed by atoms with van der Waals surface area (Å²) in [7, 11) is 0. The first-order valence-electron chi connectivity index (χ1n) is 6.12. The van der Waals surface area contributed by atoms with Crippen molar-refractivity contribution in [3.63, 3.8) is 0 Å². The van der Waals surface area contributed by atoms with Crippen LogP contribution in [0.4, 0.5) is 13.2 Å².